The summed E-state index contributed by atoms with van der Waals surface area (Å²) in [4.78, 5) is 7.84. The highest BCUT2D eigenvalue weighted by Gasteiger charge is 2.40. The Morgan fingerprint density at radius 1 is 1.11 bits per heavy atom. The largest absolute Gasteiger partial charge is 0.379 e. The molecule has 1 unspecified atom stereocenters. The number of hydrogen-bond donors (Lipinski definition) is 0. The fourth-order valence-electron chi connectivity index (χ4n) is 4.52. The molecule has 3 aliphatic heterocycles. The van der Waals surface area contributed by atoms with Gasteiger partial charge in [-0.25, -0.2) is 8.42 Å². The van der Waals surface area contributed by atoms with Crippen LogP contribution in [0.2, 0.25) is 0 Å². The van der Waals surface area contributed by atoms with E-state index in [9.17, 15) is 8.42 Å². The predicted octanol–water partition coefficient (Wildman–Crippen LogP) is 3.02. The SMILES string of the molecule is Cc1ccc(CN2c3cc(S(=O)(=O)N4CCOCC4)ccc3N3CCCC32)s1. The fraction of sp³-hybridized carbons (Fsp3) is 0.500. The molecular formula is C20H25N3O3S2. The van der Waals surface area contributed by atoms with Gasteiger partial charge in [-0.2, -0.15) is 4.31 Å². The molecule has 6 nitrogen and oxygen atoms in total. The summed E-state index contributed by atoms with van der Waals surface area (Å²) in [6, 6.07) is 10.0. The van der Waals surface area contributed by atoms with E-state index in [0.717, 1.165) is 30.9 Å². The monoisotopic (exact) mass is 419 g/mol. The molecule has 2 saturated heterocycles. The first-order chi connectivity index (χ1) is 13.5. The second-order valence-electron chi connectivity index (χ2n) is 7.62. The van der Waals surface area contributed by atoms with E-state index in [4.69, 9.17) is 4.74 Å². The summed E-state index contributed by atoms with van der Waals surface area (Å²) in [6.07, 6.45) is 2.63. The van der Waals surface area contributed by atoms with Gasteiger partial charge in [0, 0.05) is 29.4 Å². The first-order valence-corrected chi connectivity index (χ1v) is 12.1. The van der Waals surface area contributed by atoms with Crippen LogP contribution >= 0.6 is 11.3 Å². The van der Waals surface area contributed by atoms with Crippen molar-refractivity contribution >= 4 is 32.7 Å². The summed E-state index contributed by atoms with van der Waals surface area (Å²) in [5.74, 6) is 0. The molecule has 2 fully saturated rings. The topological polar surface area (TPSA) is 53.1 Å². The lowest BCUT2D eigenvalue weighted by molar-refractivity contribution is 0.0730. The highest BCUT2D eigenvalue weighted by atomic mass is 32.2. The zero-order chi connectivity index (χ0) is 19.3. The number of fused-ring (bicyclic) bond motifs is 3. The van der Waals surface area contributed by atoms with Crippen molar-refractivity contribution in [2.75, 3.05) is 42.6 Å². The Labute approximate surface area is 170 Å². The lowest BCUT2D eigenvalue weighted by Gasteiger charge is -2.28. The van der Waals surface area contributed by atoms with E-state index < -0.39 is 10.0 Å². The number of sulfonamides is 1. The van der Waals surface area contributed by atoms with Crippen LogP contribution < -0.4 is 9.80 Å². The third-order valence-electron chi connectivity index (χ3n) is 5.88. The van der Waals surface area contributed by atoms with Crippen LogP contribution in [-0.4, -0.2) is 51.7 Å². The normalized spacial score (nSPS) is 22.5. The van der Waals surface area contributed by atoms with Crippen LogP contribution in [0.1, 0.15) is 22.6 Å². The van der Waals surface area contributed by atoms with Crippen LogP contribution in [0.5, 0.6) is 0 Å². The van der Waals surface area contributed by atoms with Crippen molar-refractivity contribution in [3.63, 3.8) is 0 Å². The maximum atomic E-state index is 13.1. The van der Waals surface area contributed by atoms with Crippen molar-refractivity contribution in [3.8, 4) is 0 Å². The van der Waals surface area contributed by atoms with E-state index in [2.05, 4.69) is 28.9 Å². The van der Waals surface area contributed by atoms with Gasteiger partial charge in [0.15, 0.2) is 0 Å². The van der Waals surface area contributed by atoms with Gasteiger partial charge >= 0.3 is 0 Å². The first-order valence-electron chi connectivity index (χ1n) is 9.84. The fourth-order valence-corrected chi connectivity index (χ4v) is 6.83. The lowest BCUT2D eigenvalue weighted by atomic mass is 10.2. The van der Waals surface area contributed by atoms with Crippen molar-refractivity contribution in [2.24, 2.45) is 0 Å². The molecule has 5 rings (SSSR count). The maximum Gasteiger partial charge on any atom is 0.243 e. The van der Waals surface area contributed by atoms with E-state index in [-0.39, 0.29) is 0 Å². The molecule has 2 aromatic rings. The smallest absolute Gasteiger partial charge is 0.243 e. The van der Waals surface area contributed by atoms with Gasteiger partial charge in [-0.15, -0.1) is 11.3 Å². The number of ether oxygens (including phenoxy) is 1. The number of benzene rings is 1. The third-order valence-corrected chi connectivity index (χ3v) is 8.76. The summed E-state index contributed by atoms with van der Waals surface area (Å²) in [7, 11) is -3.49. The first kappa shape index (κ1) is 18.4. The second-order valence-corrected chi connectivity index (χ2v) is 10.9. The van der Waals surface area contributed by atoms with E-state index >= 15 is 0 Å². The Hall–Kier alpha value is -1.61. The van der Waals surface area contributed by atoms with E-state index in [1.165, 1.54) is 16.2 Å². The zero-order valence-electron chi connectivity index (χ0n) is 16.0. The molecule has 0 bridgehead atoms. The van der Waals surface area contributed by atoms with Crippen LogP contribution in [0.4, 0.5) is 11.4 Å². The summed E-state index contributed by atoms with van der Waals surface area (Å²) >= 11 is 1.82. The molecule has 150 valence electrons. The highest BCUT2D eigenvalue weighted by molar-refractivity contribution is 7.89. The number of hydrogen-bond acceptors (Lipinski definition) is 6. The van der Waals surface area contributed by atoms with Gasteiger partial charge in [0.1, 0.15) is 6.17 Å². The molecule has 0 N–H and O–H groups in total. The van der Waals surface area contributed by atoms with Crippen molar-refractivity contribution in [1.82, 2.24) is 4.31 Å². The van der Waals surface area contributed by atoms with Crippen LogP contribution in [0.3, 0.4) is 0 Å². The van der Waals surface area contributed by atoms with E-state index in [1.54, 1.807) is 10.4 Å². The quantitative estimate of drug-likeness (QED) is 0.763. The Morgan fingerprint density at radius 3 is 2.68 bits per heavy atom. The summed E-state index contributed by atoms with van der Waals surface area (Å²) in [6.45, 7) is 5.76. The van der Waals surface area contributed by atoms with Gasteiger partial charge < -0.3 is 14.5 Å². The molecule has 0 saturated carbocycles. The minimum atomic E-state index is -3.49. The van der Waals surface area contributed by atoms with Crippen molar-refractivity contribution in [2.45, 2.75) is 37.4 Å². The molecule has 1 aromatic heterocycles. The van der Waals surface area contributed by atoms with Crippen LogP contribution in [0.15, 0.2) is 35.2 Å². The van der Waals surface area contributed by atoms with Gasteiger partial charge in [-0.05, 0) is 50.1 Å². The highest BCUT2D eigenvalue weighted by Crippen LogP contribution is 2.46. The Morgan fingerprint density at radius 2 is 1.93 bits per heavy atom. The summed E-state index contributed by atoms with van der Waals surface area (Å²) < 4.78 is 33.1. The molecule has 0 aliphatic carbocycles. The summed E-state index contributed by atoms with van der Waals surface area (Å²) in [5, 5.41) is 0. The number of morpholine rings is 1. The molecule has 0 radical (unpaired) electrons. The zero-order valence-corrected chi connectivity index (χ0v) is 17.6. The lowest BCUT2D eigenvalue weighted by Crippen LogP contribution is -2.40. The predicted molar refractivity (Wildman–Crippen MR) is 112 cm³/mol. The van der Waals surface area contributed by atoms with Crippen LogP contribution in [0.25, 0.3) is 0 Å². The van der Waals surface area contributed by atoms with Crippen LogP contribution in [-0.2, 0) is 21.3 Å². The molecule has 0 spiro atoms. The molecular weight excluding hydrogens is 394 g/mol. The minimum absolute atomic E-state index is 0.332. The molecule has 3 aliphatic rings. The molecule has 1 aromatic carbocycles. The van der Waals surface area contributed by atoms with E-state index in [1.807, 2.05) is 23.5 Å². The number of anilines is 2. The van der Waals surface area contributed by atoms with Gasteiger partial charge in [0.05, 0.1) is 36.0 Å². The summed E-state index contributed by atoms with van der Waals surface area (Å²) in [5.41, 5.74) is 2.21. The Bertz CT molecular complexity index is 982. The van der Waals surface area contributed by atoms with Crippen molar-refractivity contribution < 1.29 is 13.2 Å². The number of thiophene rings is 1. The molecule has 0 amide bonds. The molecule has 4 heterocycles. The molecule has 8 heteroatoms. The number of rotatable bonds is 4. The molecule has 1 atom stereocenters. The molecule has 28 heavy (non-hydrogen) atoms. The van der Waals surface area contributed by atoms with Gasteiger partial charge in [-0.1, -0.05) is 0 Å². The van der Waals surface area contributed by atoms with Crippen molar-refractivity contribution in [1.29, 1.82) is 0 Å². The standard InChI is InChI=1S/C20H25N3O3S2/c1-15-4-5-16(27-15)14-23-19-13-17(28(24,25)21-9-11-26-12-10-21)6-7-18(19)22-8-2-3-20(22)23/h4-7,13,20H,2-3,8-12,14H2,1H3. The van der Waals surface area contributed by atoms with Crippen LogP contribution in [0, 0.1) is 6.92 Å². The van der Waals surface area contributed by atoms with Gasteiger partial charge in [0.2, 0.25) is 10.0 Å². The minimum Gasteiger partial charge on any atom is -0.379 e. The van der Waals surface area contributed by atoms with Crippen molar-refractivity contribution in [3.05, 3.63) is 40.1 Å². The Balaban J connectivity index is 1.51. The average Bonchev–Trinajstić information content (AvgIpc) is 3.40. The average molecular weight is 420 g/mol. The second kappa shape index (κ2) is 7.02. The number of nitrogens with zero attached hydrogens (tertiary/aromatic N) is 3. The van der Waals surface area contributed by atoms with Gasteiger partial charge in [0.25, 0.3) is 0 Å². The third kappa shape index (κ3) is 3.03. The Kier molecular flexibility index (Phi) is 4.62. The van der Waals surface area contributed by atoms with Gasteiger partial charge in [-0.3, -0.25) is 0 Å². The van der Waals surface area contributed by atoms with E-state index in [0.29, 0.717) is 37.4 Å². The number of aryl methyl sites for hydroxylation is 1. The maximum absolute atomic E-state index is 13.1.